The van der Waals surface area contributed by atoms with Gasteiger partial charge < -0.3 is 9.47 Å². The molecule has 2 aliphatic rings. The molecule has 0 amide bonds. The third kappa shape index (κ3) is 2.15. The van der Waals surface area contributed by atoms with E-state index >= 15 is 0 Å². The molecule has 82 valence electrons. The Morgan fingerprint density at radius 2 is 2.00 bits per heavy atom. The van der Waals surface area contributed by atoms with Crippen LogP contribution in [0.3, 0.4) is 0 Å². The molecule has 1 spiro atoms. The Hall–Kier alpha value is 0.400. The second-order valence-electron chi connectivity index (χ2n) is 4.28. The monoisotopic (exact) mass is 262 g/mol. The predicted molar refractivity (Wildman–Crippen MR) is 59.6 cm³/mol. The Kier molecular flexibility index (Phi) is 3.86. The van der Waals surface area contributed by atoms with Gasteiger partial charge in [0.2, 0.25) is 0 Å². The lowest BCUT2D eigenvalue weighted by molar-refractivity contribution is -0.182. The van der Waals surface area contributed by atoms with Crippen molar-refractivity contribution < 1.29 is 9.47 Å². The average molecular weight is 263 g/mol. The molecule has 1 saturated carbocycles. The summed E-state index contributed by atoms with van der Waals surface area (Å²) in [6.45, 7) is 1.60. The summed E-state index contributed by atoms with van der Waals surface area (Å²) >= 11 is 3.47. The Labute approximate surface area is 94.5 Å². The fourth-order valence-corrected chi connectivity index (χ4v) is 3.12. The number of ether oxygens (including phenoxy) is 2. The van der Waals surface area contributed by atoms with Crippen molar-refractivity contribution in [3.8, 4) is 0 Å². The van der Waals surface area contributed by atoms with Crippen LogP contribution in [-0.4, -0.2) is 24.3 Å². The molecule has 0 radical (unpaired) electrons. The number of unbranched alkanes of at least 4 members (excludes halogenated alkanes) is 1. The van der Waals surface area contributed by atoms with Crippen LogP contribution >= 0.6 is 15.9 Å². The van der Waals surface area contributed by atoms with E-state index in [4.69, 9.17) is 9.47 Å². The van der Waals surface area contributed by atoms with Crippen LogP contribution in [0.25, 0.3) is 0 Å². The van der Waals surface area contributed by atoms with E-state index in [1.54, 1.807) is 0 Å². The molecule has 1 saturated heterocycles. The summed E-state index contributed by atoms with van der Waals surface area (Å²) in [4.78, 5) is 0. The van der Waals surface area contributed by atoms with Crippen molar-refractivity contribution >= 4 is 15.9 Å². The lowest BCUT2D eigenvalue weighted by Gasteiger charge is -2.29. The lowest BCUT2D eigenvalue weighted by atomic mass is 9.96. The van der Waals surface area contributed by atoms with Gasteiger partial charge in [-0.3, -0.25) is 0 Å². The lowest BCUT2D eigenvalue weighted by Crippen LogP contribution is -2.34. The third-order valence-corrected chi connectivity index (χ3v) is 3.97. The van der Waals surface area contributed by atoms with Gasteiger partial charge in [-0.1, -0.05) is 22.4 Å². The van der Waals surface area contributed by atoms with Crippen LogP contribution in [0.5, 0.6) is 0 Å². The minimum absolute atomic E-state index is 0.160. The first kappa shape index (κ1) is 10.9. The maximum atomic E-state index is 5.81. The van der Waals surface area contributed by atoms with Gasteiger partial charge in [0, 0.05) is 17.7 Å². The van der Waals surface area contributed by atoms with Crippen LogP contribution < -0.4 is 0 Å². The summed E-state index contributed by atoms with van der Waals surface area (Å²) in [7, 11) is 0. The highest BCUT2D eigenvalue weighted by Crippen LogP contribution is 2.44. The van der Waals surface area contributed by atoms with Crippen molar-refractivity contribution in [2.45, 2.75) is 44.3 Å². The molecule has 0 aromatic carbocycles. The third-order valence-electron chi connectivity index (χ3n) is 3.41. The van der Waals surface area contributed by atoms with Crippen molar-refractivity contribution in [2.75, 3.05) is 18.5 Å². The molecular formula is C11H19BrO2. The van der Waals surface area contributed by atoms with Crippen LogP contribution in [0.15, 0.2) is 0 Å². The zero-order chi connectivity index (χ0) is 9.86. The molecule has 1 atom stereocenters. The summed E-state index contributed by atoms with van der Waals surface area (Å²) in [5.74, 6) is 0.496. The molecule has 1 aliphatic carbocycles. The average Bonchev–Trinajstić information content (AvgIpc) is 2.80. The molecule has 0 N–H and O–H groups in total. The first-order chi connectivity index (χ1) is 6.87. The predicted octanol–water partition coefficient (Wildman–Crippen LogP) is 3.09. The molecule has 1 aliphatic heterocycles. The molecular weight excluding hydrogens is 244 g/mol. The van der Waals surface area contributed by atoms with Crippen molar-refractivity contribution in [2.24, 2.45) is 5.92 Å². The van der Waals surface area contributed by atoms with Crippen LogP contribution in [0.2, 0.25) is 0 Å². The highest BCUT2D eigenvalue weighted by atomic mass is 79.9. The van der Waals surface area contributed by atoms with Crippen molar-refractivity contribution in [3.63, 3.8) is 0 Å². The smallest absolute Gasteiger partial charge is 0.171 e. The molecule has 1 heterocycles. The van der Waals surface area contributed by atoms with Gasteiger partial charge >= 0.3 is 0 Å². The minimum atomic E-state index is -0.160. The number of hydrogen-bond donors (Lipinski definition) is 0. The fourth-order valence-electron chi connectivity index (χ4n) is 2.72. The van der Waals surface area contributed by atoms with E-state index in [2.05, 4.69) is 15.9 Å². The number of rotatable bonds is 4. The van der Waals surface area contributed by atoms with Crippen LogP contribution in [0.1, 0.15) is 38.5 Å². The number of halogens is 1. The van der Waals surface area contributed by atoms with Crippen LogP contribution in [-0.2, 0) is 9.47 Å². The Morgan fingerprint density at radius 3 is 2.71 bits per heavy atom. The van der Waals surface area contributed by atoms with E-state index in [0.717, 1.165) is 25.0 Å². The van der Waals surface area contributed by atoms with Crippen molar-refractivity contribution in [3.05, 3.63) is 0 Å². The Balaban J connectivity index is 1.84. The maximum absolute atomic E-state index is 5.81. The molecule has 0 bridgehead atoms. The van der Waals surface area contributed by atoms with Gasteiger partial charge in [-0.05, 0) is 25.7 Å². The van der Waals surface area contributed by atoms with Gasteiger partial charge in [-0.15, -0.1) is 0 Å². The molecule has 2 rings (SSSR count). The minimum Gasteiger partial charge on any atom is -0.347 e. The van der Waals surface area contributed by atoms with Gasteiger partial charge in [0.05, 0.1) is 13.2 Å². The summed E-state index contributed by atoms with van der Waals surface area (Å²) in [5, 5.41) is 1.12. The van der Waals surface area contributed by atoms with Gasteiger partial charge in [-0.25, -0.2) is 0 Å². The molecule has 14 heavy (non-hydrogen) atoms. The Bertz CT molecular complexity index is 173. The second-order valence-corrected chi connectivity index (χ2v) is 5.08. The zero-order valence-corrected chi connectivity index (χ0v) is 10.2. The van der Waals surface area contributed by atoms with Crippen LogP contribution in [0, 0.1) is 5.92 Å². The van der Waals surface area contributed by atoms with Crippen LogP contribution in [0.4, 0.5) is 0 Å². The van der Waals surface area contributed by atoms with Gasteiger partial charge in [0.1, 0.15) is 0 Å². The van der Waals surface area contributed by atoms with E-state index in [0.29, 0.717) is 5.92 Å². The van der Waals surface area contributed by atoms with Gasteiger partial charge in [-0.2, -0.15) is 0 Å². The molecule has 2 nitrogen and oxygen atoms in total. The van der Waals surface area contributed by atoms with Gasteiger partial charge in [0.15, 0.2) is 5.79 Å². The standard InChI is InChI=1S/C11H19BrO2/c12-7-2-1-4-10-5-3-6-11(10)13-8-9-14-11/h10H,1-9H2. The fraction of sp³-hybridized carbons (Fsp3) is 1.00. The molecule has 2 fully saturated rings. The van der Waals surface area contributed by atoms with Gasteiger partial charge in [0.25, 0.3) is 0 Å². The van der Waals surface area contributed by atoms with E-state index < -0.39 is 0 Å². The molecule has 0 aromatic heterocycles. The zero-order valence-electron chi connectivity index (χ0n) is 8.64. The van der Waals surface area contributed by atoms with E-state index in [9.17, 15) is 0 Å². The SMILES string of the molecule is BrCCCCC1CCCC12OCCO2. The number of hydrogen-bond acceptors (Lipinski definition) is 2. The largest absolute Gasteiger partial charge is 0.347 e. The summed E-state index contributed by atoms with van der Waals surface area (Å²) in [5.41, 5.74) is 0. The van der Waals surface area contributed by atoms with Crippen molar-refractivity contribution in [1.29, 1.82) is 0 Å². The highest BCUT2D eigenvalue weighted by Gasteiger charge is 2.47. The Morgan fingerprint density at radius 1 is 1.21 bits per heavy atom. The normalized spacial score (nSPS) is 30.2. The van der Waals surface area contributed by atoms with Crippen molar-refractivity contribution in [1.82, 2.24) is 0 Å². The molecule has 1 unspecified atom stereocenters. The first-order valence-corrected chi connectivity index (χ1v) is 6.83. The summed E-state index contributed by atoms with van der Waals surface area (Å²) in [6.07, 6.45) is 7.52. The molecule has 3 heteroatoms. The second kappa shape index (κ2) is 4.95. The topological polar surface area (TPSA) is 18.5 Å². The summed E-state index contributed by atoms with van der Waals surface area (Å²) in [6, 6.07) is 0. The highest BCUT2D eigenvalue weighted by molar-refractivity contribution is 9.09. The van der Waals surface area contributed by atoms with E-state index in [1.165, 1.54) is 32.1 Å². The quantitative estimate of drug-likeness (QED) is 0.573. The van der Waals surface area contributed by atoms with E-state index in [1.807, 2.05) is 0 Å². The first-order valence-electron chi connectivity index (χ1n) is 5.71. The van der Waals surface area contributed by atoms with E-state index in [-0.39, 0.29) is 5.79 Å². The maximum Gasteiger partial charge on any atom is 0.171 e. The summed E-state index contributed by atoms with van der Waals surface area (Å²) < 4.78 is 11.6. The number of alkyl halides is 1. The molecule has 0 aromatic rings.